The molecule has 1 atom stereocenters. The van der Waals surface area contributed by atoms with E-state index in [1.165, 1.54) is 5.57 Å². The number of aldehydes is 1. The van der Waals surface area contributed by atoms with Gasteiger partial charge in [0.2, 0.25) is 0 Å². The third kappa shape index (κ3) is 17.6. The van der Waals surface area contributed by atoms with Gasteiger partial charge in [0.15, 0.2) is 0 Å². The second-order valence-electron chi connectivity index (χ2n) is 3.47. The minimum atomic E-state index is -1.50. The number of carbonyl (C=O) groups is 1. The van der Waals surface area contributed by atoms with E-state index >= 15 is 0 Å². The van der Waals surface area contributed by atoms with Crippen molar-refractivity contribution in [1.82, 2.24) is 0 Å². The quantitative estimate of drug-likeness (QED) is 0.432. The van der Waals surface area contributed by atoms with Crippen LogP contribution in [-0.2, 0) is 8.60 Å². The van der Waals surface area contributed by atoms with Crippen molar-refractivity contribution >= 4 is 21.8 Å². The number of hydrogen-bond acceptors (Lipinski definition) is 2. The summed E-state index contributed by atoms with van der Waals surface area (Å²) in [6, 6.07) is 0. The molecule has 0 rings (SSSR count). The van der Waals surface area contributed by atoms with Gasteiger partial charge in [0.05, 0.1) is 0 Å². The summed E-state index contributed by atoms with van der Waals surface area (Å²) in [5.74, 6) is 0.545. The van der Waals surface area contributed by atoms with Crippen LogP contribution < -0.4 is 0 Å². The van der Waals surface area contributed by atoms with Gasteiger partial charge in [-0.3, -0.25) is 0 Å². The standard InChI is InChI=1S/C10H18O.Al.H2O.O/c1-9(2)5-4-6-10(3)7-8-11;;;/h5,8,10H,4,6-7H2,1-3H3;;1H2;/q;+1;;/p-1. The van der Waals surface area contributed by atoms with Crippen LogP contribution in [0.15, 0.2) is 11.6 Å². The average molecular weight is 214 g/mol. The van der Waals surface area contributed by atoms with Crippen LogP contribution in [0.2, 0.25) is 0 Å². The van der Waals surface area contributed by atoms with E-state index in [-0.39, 0.29) is 0 Å². The molecule has 1 N–H and O–H groups in total. The Morgan fingerprint density at radius 3 is 2.36 bits per heavy atom. The predicted octanol–water partition coefficient (Wildman–Crippen LogP) is 1.90. The van der Waals surface area contributed by atoms with Crippen LogP contribution in [-0.4, -0.2) is 25.9 Å². The number of hydrogen-bond donors (Lipinski definition) is 1. The van der Waals surface area contributed by atoms with Gasteiger partial charge in [0, 0.05) is 6.42 Å². The first-order chi connectivity index (χ1) is 6.58. The van der Waals surface area contributed by atoms with E-state index in [4.69, 9.17) is 7.96 Å². The summed E-state index contributed by atoms with van der Waals surface area (Å²) in [5.41, 5.74) is 1.36. The molecule has 0 saturated heterocycles. The molecule has 0 heterocycles. The van der Waals surface area contributed by atoms with Crippen LogP contribution in [0.25, 0.3) is 0 Å². The molecule has 0 amide bonds. The second kappa shape index (κ2) is 12.5. The maximum atomic E-state index is 10.1. The average Bonchev–Trinajstić information content (AvgIpc) is 2.05. The normalized spacial score (nSPS) is 10.2. The number of carbonyl (C=O) groups excluding carboxylic acids is 1. The molecule has 1 unspecified atom stereocenters. The van der Waals surface area contributed by atoms with Crippen LogP contribution in [0.5, 0.6) is 0 Å². The van der Waals surface area contributed by atoms with E-state index in [9.17, 15) is 4.79 Å². The molecule has 0 aromatic rings. The molecule has 0 aliphatic rings. The molecule has 0 aliphatic carbocycles. The third-order valence-corrected chi connectivity index (χ3v) is 1.71. The van der Waals surface area contributed by atoms with Gasteiger partial charge in [-0.05, 0) is 32.6 Å². The van der Waals surface area contributed by atoms with Crippen molar-refractivity contribution in [2.45, 2.75) is 40.0 Å². The molecule has 14 heavy (non-hydrogen) atoms. The Hall–Kier alpha value is -0.458. The van der Waals surface area contributed by atoms with Gasteiger partial charge in [-0.2, -0.15) is 0 Å². The molecule has 80 valence electrons. The first-order valence-electron chi connectivity index (χ1n) is 4.73. The van der Waals surface area contributed by atoms with Gasteiger partial charge in [-0.25, -0.2) is 0 Å². The molecule has 0 radical (unpaired) electrons. The van der Waals surface area contributed by atoms with E-state index in [2.05, 4.69) is 26.8 Å². The van der Waals surface area contributed by atoms with Crippen molar-refractivity contribution in [3.8, 4) is 0 Å². The van der Waals surface area contributed by atoms with Crippen LogP contribution in [0.4, 0.5) is 0 Å². The van der Waals surface area contributed by atoms with Gasteiger partial charge in [-0.1, -0.05) is 18.6 Å². The first-order valence-corrected chi connectivity index (χ1v) is 5.72. The Morgan fingerprint density at radius 2 is 2.00 bits per heavy atom. The number of allylic oxidation sites excluding steroid dienone is 2. The van der Waals surface area contributed by atoms with Crippen molar-refractivity contribution < 1.29 is 12.8 Å². The van der Waals surface area contributed by atoms with Crippen molar-refractivity contribution in [1.29, 1.82) is 0 Å². The monoisotopic (exact) mass is 214 g/mol. The van der Waals surface area contributed by atoms with Crippen molar-refractivity contribution in [2.24, 2.45) is 5.92 Å². The van der Waals surface area contributed by atoms with Crippen LogP contribution >= 0.6 is 0 Å². The van der Waals surface area contributed by atoms with Gasteiger partial charge >= 0.3 is 23.4 Å². The molecule has 0 aromatic carbocycles. The Balaban J connectivity index is 0. The van der Waals surface area contributed by atoms with Crippen LogP contribution in [0.1, 0.15) is 40.0 Å². The Labute approximate surface area is 92.5 Å². The third-order valence-electron chi connectivity index (χ3n) is 1.71. The molecule has 4 heteroatoms. The zero-order valence-corrected chi connectivity index (χ0v) is 10.3. The van der Waals surface area contributed by atoms with Gasteiger partial charge in [0.25, 0.3) is 0 Å². The molecule has 0 spiro atoms. The SMILES string of the molecule is CC(C)=CCCC(C)CC=O.[O]=[Al][OH]. The molecule has 3 nitrogen and oxygen atoms in total. The van der Waals surface area contributed by atoms with Crippen molar-refractivity contribution in [3.05, 3.63) is 11.6 Å². The zero-order valence-electron chi connectivity index (χ0n) is 9.19. The minimum absolute atomic E-state index is 0.545. The van der Waals surface area contributed by atoms with Gasteiger partial charge < -0.3 is 4.79 Å². The Kier molecular flexibility index (Phi) is 14.3. The molecule has 0 aliphatic heterocycles. The zero-order chi connectivity index (χ0) is 11.4. The summed E-state index contributed by atoms with van der Waals surface area (Å²) in [6.07, 6.45) is 6.17. The summed E-state index contributed by atoms with van der Waals surface area (Å²) >= 11 is -1.50. The van der Waals surface area contributed by atoms with E-state index in [0.29, 0.717) is 12.3 Å². The van der Waals surface area contributed by atoms with Crippen LogP contribution in [0, 0.1) is 5.92 Å². The molecule has 0 fully saturated rings. The molecule has 0 saturated carbocycles. The van der Waals surface area contributed by atoms with E-state index in [1.54, 1.807) is 0 Å². The van der Waals surface area contributed by atoms with E-state index in [0.717, 1.165) is 19.1 Å². The second-order valence-corrected chi connectivity index (χ2v) is 3.68. The first kappa shape index (κ1) is 16.0. The Morgan fingerprint density at radius 1 is 1.50 bits per heavy atom. The summed E-state index contributed by atoms with van der Waals surface area (Å²) in [5, 5.41) is 0. The fourth-order valence-electron chi connectivity index (χ4n) is 0.939. The molecule has 0 aromatic heterocycles. The Bertz CT molecular complexity index is 174. The summed E-state index contributed by atoms with van der Waals surface area (Å²) in [4.78, 5) is 10.1. The fraction of sp³-hybridized carbons (Fsp3) is 0.700. The fourth-order valence-corrected chi connectivity index (χ4v) is 0.939. The van der Waals surface area contributed by atoms with E-state index in [1.807, 2.05) is 0 Å². The van der Waals surface area contributed by atoms with E-state index < -0.39 is 15.5 Å². The van der Waals surface area contributed by atoms with Crippen molar-refractivity contribution in [3.63, 3.8) is 0 Å². The topological polar surface area (TPSA) is 54.4 Å². The summed E-state index contributed by atoms with van der Waals surface area (Å²) in [6.45, 7) is 6.32. The number of rotatable bonds is 5. The summed E-state index contributed by atoms with van der Waals surface area (Å²) < 4.78 is 15.7. The van der Waals surface area contributed by atoms with Crippen molar-refractivity contribution in [2.75, 3.05) is 0 Å². The van der Waals surface area contributed by atoms with Gasteiger partial charge in [0.1, 0.15) is 6.29 Å². The van der Waals surface area contributed by atoms with Crippen LogP contribution in [0.3, 0.4) is 0 Å². The molecular weight excluding hydrogens is 195 g/mol. The maximum absolute atomic E-state index is 10.1. The predicted molar refractivity (Wildman–Crippen MR) is 57.2 cm³/mol. The summed E-state index contributed by atoms with van der Waals surface area (Å²) in [7, 11) is 0. The molecular formula is C10H19AlO3. The van der Waals surface area contributed by atoms with Gasteiger partial charge in [-0.15, -0.1) is 0 Å². The molecule has 0 bridgehead atoms.